The number of nitrogens with one attached hydrogen (secondary N) is 1. The first-order valence-corrected chi connectivity index (χ1v) is 3.91. The van der Waals surface area contributed by atoms with E-state index in [0.717, 1.165) is 6.42 Å². The van der Waals surface area contributed by atoms with Gasteiger partial charge in [-0.15, -0.1) is 0 Å². The van der Waals surface area contributed by atoms with Gasteiger partial charge in [0.25, 0.3) is 0 Å². The van der Waals surface area contributed by atoms with Crippen molar-refractivity contribution in [3.05, 3.63) is 0 Å². The molecule has 0 aromatic heterocycles. The maximum Gasteiger partial charge on any atom is 0.218 e. The SMILES string of the molecule is CC[C@H](C)C(NC(C)=O)OC. The second kappa shape index (κ2) is 5.13. The minimum Gasteiger partial charge on any atom is -0.361 e. The molecule has 3 heteroatoms. The van der Waals surface area contributed by atoms with Crippen LogP contribution in [0.4, 0.5) is 0 Å². The summed E-state index contributed by atoms with van der Waals surface area (Å²) < 4.78 is 5.08. The van der Waals surface area contributed by atoms with E-state index in [1.54, 1.807) is 7.11 Å². The first kappa shape index (κ1) is 10.4. The van der Waals surface area contributed by atoms with Crippen molar-refractivity contribution < 1.29 is 9.53 Å². The Bertz CT molecular complexity index is 125. The number of ether oxygens (including phenoxy) is 1. The highest BCUT2D eigenvalue weighted by atomic mass is 16.5. The topological polar surface area (TPSA) is 38.3 Å². The molecule has 0 aromatic rings. The molecule has 0 heterocycles. The summed E-state index contributed by atoms with van der Waals surface area (Å²) >= 11 is 0. The number of rotatable bonds is 4. The number of carbonyl (C=O) groups excluding carboxylic acids is 1. The summed E-state index contributed by atoms with van der Waals surface area (Å²) in [5.74, 6) is 0.320. The largest absolute Gasteiger partial charge is 0.361 e. The molecule has 66 valence electrons. The molecule has 0 bridgehead atoms. The number of carbonyl (C=O) groups is 1. The first-order chi connectivity index (χ1) is 5.11. The van der Waals surface area contributed by atoms with Gasteiger partial charge in [-0.2, -0.15) is 0 Å². The monoisotopic (exact) mass is 159 g/mol. The van der Waals surface area contributed by atoms with Crippen LogP contribution in [0.3, 0.4) is 0 Å². The quantitative estimate of drug-likeness (QED) is 0.625. The second-order valence-electron chi connectivity index (χ2n) is 2.74. The Kier molecular flexibility index (Phi) is 4.86. The van der Waals surface area contributed by atoms with E-state index in [4.69, 9.17) is 4.74 Å². The third-order valence-corrected chi connectivity index (χ3v) is 1.76. The molecule has 0 saturated carbocycles. The highest BCUT2D eigenvalue weighted by molar-refractivity contribution is 5.73. The lowest BCUT2D eigenvalue weighted by Crippen LogP contribution is -2.39. The van der Waals surface area contributed by atoms with Crippen molar-refractivity contribution in [1.29, 1.82) is 0 Å². The third kappa shape index (κ3) is 3.98. The van der Waals surface area contributed by atoms with Gasteiger partial charge in [-0.1, -0.05) is 13.8 Å². The summed E-state index contributed by atoms with van der Waals surface area (Å²) in [6.07, 6.45) is 0.858. The molecular formula is C8H17NO2. The minimum absolute atomic E-state index is 0.0443. The normalized spacial score (nSPS) is 15.6. The molecule has 0 aliphatic rings. The van der Waals surface area contributed by atoms with Crippen molar-refractivity contribution in [2.75, 3.05) is 7.11 Å². The Morgan fingerprint density at radius 3 is 2.45 bits per heavy atom. The lowest BCUT2D eigenvalue weighted by atomic mass is 10.1. The van der Waals surface area contributed by atoms with Crippen LogP contribution in [-0.2, 0) is 9.53 Å². The Balaban J connectivity index is 3.84. The van der Waals surface area contributed by atoms with Crippen LogP contribution < -0.4 is 5.32 Å². The number of hydrogen-bond donors (Lipinski definition) is 1. The zero-order chi connectivity index (χ0) is 8.85. The maximum atomic E-state index is 10.6. The van der Waals surface area contributed by atoms with Gasteiger partial charge in [0.05, 0.1) is 0 Å². The molecule has 0 aromatic carbocycles. The molecule has 0 aliphatic carbocycles. The zero-order valence-corrected chi connectivity index (χ0v) is 7.68. The molecular weight excluding hydrogens is 142 g/mol. The standard InChI is InChI=1S/C8H17NO2/c1-5-6(2)8(11-4)9-7(3)10/h6,8H,5H2,1-4H3,(H,9,10)/t6-,8?/m0/s1. The number of amides is 1. The molecule has 1 N–H and O–H groups in total. The van der Waals surface area contributed by atoms with Gasteiger partial charge in [-0.05, 0) is 6.42 Å². The fourth-order valence-corrected chi connectivity index (χ4v) is 0.848. The van der Waals surface area contributed by atoms with Gasteiger partial charge >= 0.3 is 0 Å². The average Bonchev–Trinajstić information content (AvgIpc) is 1.98. The second-order valence-corrected chi connectivity index (χ2v) is 2.74. The van der Waals surface area contributed by atoms with Crippen LogP contribution >= 0.6 is 0 Å². The van der Waals surface area contributed by atoms with E-state index in [0.29, 0.717) is 5.92 Å². The Labute approximate surface area is 68.1 Å². The van der Waals surface area contributed by atoms with Crippen molar-refractivity contribution >= 4 is 5.91 Å². The van der Waals surface area contributed by atoms with E-state index in [1.807, 2.05) is 6.92 Å². The number of hydrogen-bond acceptors (Lipinski definition) is 2. The highest BCUT2D eigenvalue weighted by Gasteiger charge is 2.14. The minimum atomic E-state index is -0.141. The smallest absolute Gasteiger partial charge is 0.218 e. The maximum absolute atomic E-state index is 10.6. The molecule has 0 aliphatic heterocycles. The van der Waals surface area contributed by atoms with Crippen LogP contribution in [0.1, 0.15) is 27.2 Å². The molecule has 1 unspecified atom stereocenters. The Morgan fingerprint density at radius 1 is 1.64 bits per heavy atom. The average molecular weight is 159 g/mol. The van der Waals surface area contributed by atoms with Crippen LogP contribution in [0.25, 0.3) is 0 Å². The van der Waals surface area contributed by atoms with E-state index in [1.165, 1.54) is 6.92 Å². The fourth-order valence-electron chi connectivity index (χ4n) is 0.848. The molecule has 2 atom stereocenters. The van der Waals surface area contributed by atoms with E-state index in [-0.39, 0.29) is 12.1 Å². The zero-order valence-electron chi connectivity index (χ0n) is 7.68. The van der Waals surface area contributed by atoms with Gasteiger partial charge in [0.1, 0.15) is 6.23 Å². The van der Waals surface area contributed by atoms with Crippen LogP contribution in [0.5, 0.6) is 0 Å². The summed E-state index contributed by atoms with van der Waals surface area (Å²) in [7, 11) is 1.60. The van der Waals surface area contributed by atoms with Gasteiger partial charge in [0.15, 0.2) is 0 Å². The van der Waals surface area contributed by atoms with Crippen molar-refractivity contribution in [1.82, 2.24) is 5.32 Å². The molecule has 0 rings (SSSR count). The molecule has 0 saturated heterocycles. The lowest BCUT2D eigenvalue weighted by molar-refractivity contribution is -0.123. The van der Waals surface area contributed by atoms with E-state index >= 15 is 0 Å². The van der Waals surface area contributed by atoms with Gasteiger partial charge < -0.3 is 10.1 Å². The summed E-state index contributed by atoms with van der Waals surface area (Å²) in [4.78, 5) is 10.6. The van der Waals surface area contributed by atoms with Gasteiger partial charge in [-0.25, -0.2) is 0 Å². The molecule has 0 spiro atoms. The van der Waals surface area contributed by atoms with Crippen LogP contribution in [0, 0.1) is 5.92 Å². The van der Waals surface area contributed by atoms with Crippen molar-refractivity contribution in [3.63, 3.8) is 0 Å². The summed E-state index contributed by atoms with van der Waals surface area (Å²) in [5, 5.41) is 2.72. The van der Waals surface area contributed by atoms with Crippen LogP contribution in [0.2, 0.25) is 0 Å². The van der Waals surface area contributed by atoms with Gasteiger partial charge in [-0.3, -0.25) is 4.79 Å². The van der Waals surface area contributed by atoms with Crippen molar-refractivity contribution in [3.8, 4) is 0 Å². The molecule has 0 fully saturated rings. The first-order valence-electron chi connectivity index (χ1n) is 3.91. The van der Waals surface area contributed by atoms with E-state index in [9.17, 15) is 4.79 Å². The molecule has 11 heavy (non-hydrogen) atoms. The van der Waals surface area contributed by atoms with Crippen molar-refractivity contribution in [2.24, 2.45) is 5.92 Å². The van der Waals surface area contributed by atoms with Crippen LogP contribution in [-0.4, -0.2) is 19.2 Å². The summed E-state index contributed by atoms with van der Waals surface area (Å²) in [6.45, 7) is 5.61. The Morgan fingerprint density at radius 2 is 2.18 bits per heavy atom. The number of methoxy groups -OCH3 is 1. The highest BCUT2D eigenvalue weighted by Crippen LogP contribution is 2.07. The summed E-state index contributed by atoms with van der Waals surface area (Å²) in [6, 6.07) is 0. The molecule has 3 nitrogen and oxygen atoms in total. The third-order valence-electron chi connectivity index (χ3n) is 1.76. The lowest BCUT2D eigenvalue weighted by Gasteiger charge is -2.21. The van der Waals surface area contributed by atoms with E-state index in [2.05, 4.69) is 12.2 Å². The van der Waals surface area contributed by atoms with Crippen LogP contribution in [0.15, 0.2) is 0 Å². The summed E-state index contributed by atoms with van der Waals surface area (Å²) in [5.41, 5.74) is 0. The van der Waals surface area contributed by atoms with Gasteiger partial charge in [0.2, 0.25) is 5.91 Å². The fraction of sp³-hybridized carbons (Fsp3) is 0.875. The predicted octanol–water partition coefficient (Wildman–Crippen LogP) is 1.14. The van der Waals surface area contributed by atoms with E-state index < -0.39 is 0 Å². The predicted molar refractivity (Wildman–Crippen MR) is 44.1 cm³/mol. The molecule has 0 radical (unpaired) electrons. The Hall–Kier alpha value is -0.570. The molecule has 1 amide bonds. The van der Waals surface area contributed by atoms with Gasteiger partial charge in [0, 0.05) is 20.0 Å². The van der Waals surface area contributed by atoms with Crippen molar-refractivity contribution in [2.45, 2.75) is 33.4 Å².